The molecule has 1 saturated heterocycles. The Morgan fingerprint density at radius 3 is 2.62 bits per heavy atom. The highest BCUT2D eigenvalue weighted by Gasteiger charge is 2.20. The summed E-state index contributed by atoms with van der Waals surface area (Å²) in [5.41, 5.74) is 6.83. The van der Waals surface area contributed by atoms with E-state index in [9.17, 15) is 10.1 Å². The van der Waals surface area contributed by atoms with E-state index in [0.29, 0.717) is 0 Å². The van der Waals surface area contributed by atoms with E-state index in [1.165, 1.54) is 12.8 Å². The van der Waals surface area contributed by atoms with Gasteiger partial charge in [-0.3, -0.25) is 15.0 Å². The minimum Gasteiger partial charge on any atom is -0.393 e. The molecule has 1 fully saturated rings. The van der Waals surface area contributed by atoms with E-state index in [1.54, 1.807) is 12.1 Å². The molecule has 0 radical (unpaired) electrons. The Balaban J connectivity index is 1.92. The lowest BCUT2D eigenvalue weighted by Gasteiger charge is -2.33. The largest absolute Gasteiger partial charge is 0.393 e. The van der Waals surface area contributed by atoms with Gasteiger partial charge < -0.3 is 10.6 Å². The molecule has 2 N–H and O–H groups in total. The molecular formula is C15H24N4O2. The molecule has 1 aliphatic heterocycles. The number of hydrogen-bond acceptors (Lipinski definition) is 5. The third-order valence-corrected chi connectivity index (χ3v) is 4.03. The van der Waals surface area contributed by atoms with Crippen LogP contribution < -0.4 is 5.73 Å². The van der Waals surface area contributed by atoms with E-state index in [1.807, 2.05) is 6.07 Å². The van der Waals surface area contributed by atoms with Gasteiger partial charge in [0.05, 0.1) is 4.92 Å². The van der Waals surface area contributed by atoms with Crippen molar-refractivity contribution in [2.45, 2.75) is 19.4 Å². The third-order valence-electron chi connectivity index (χ3n) is 4.03. The maximum atomic E-state index is 10.9. The van der Waals surface area contributed by atoms with Gasteiger partial charge in [-0.1, -0.05) is 6.07 Å². The smallest absolute Gasteiger partial charge is 0.292 e. The average molecular weight is 292 g/mol. The zero-order valence-corrected chi connectivity index (χ0v) is 12.8. The second-order valence-electron chi connectivity index (χ2n) is 6.13. The molecular weight excluding hydrogens is 268 g/mol. The van der Waals surface area contributed by atoms with Crippen molar-refractivity contribution in [2.24, 2.45) is 5.92 Å². The van der Waals surface area contributed by atoms with Crippen LogP contribution in [0.25, 0.3) is 0 Å². The lowest BCUT2D eigenvalue weighted by Crippen LogP contribution is -2.36. The van der Waals surface area contributed by atoms with Crippen LogP contribution in [0.3, 0.4) is 0 Å². The molecule has 0 aromatic heterocycles. The van der Waals surface area contributed by atoms with Crippen LogP contribution in [0.1, 0.15) is 18.4 Å². The molecule has 1 aliphatic rings. The number of nitro groups is 1. The molecule has 1 aromatic rings. The fourth-order valence-electron chi connectivity index (χ4n) is 2.95. The number of nitrogens with zero attached hydrogens (tertiary/aromatic N) is 3. The van der Waals surface area contributed by atoms with Crippen molar-refractivity contribution in [1.29, 1.82) is 0 Å². The fourth-order valence-corrected chi connectivity index (χ4v) is 2.95. The van der Waals surface area contributed by atoms with Crippen molar-refractivity contribution in [1.82, 2.24) is 9.80 Å². The summed E-state index contributed by atoms with van der Waals surface area (Å²) in [6.07, 6.45) is 2.38. The van der Waals surface area contributed by atoms with Crippen molar-refractivity contribution in [3.05, 3.63) is 33.9 Å². The molecule has 0 saturated carbocycles. The van der Waals surface area contributed by atoms with Gasteiger partial charge in [0.25, 0.3) is 5.69 Å². The quantitative estimate of drug-likeness (QED) is 0.510. The van der Waals surface area contributed by atoms with Crippen molar-refractivity contribution in [3.8, 4) is 0 Å². The topological polar surface area (TPSA) is 75.6 Å². The molecule has 0 amide bonds. The molecule has 2 rings (SSSR count). The van der Waals surface area contributed by atoms with Crippen LogP contribution in [0.2, 0.25) is 0 Å². The maximum absolute atomic E-state index is 10.9. The first-order valence-corrected chi connectivity index (χ1v) is 7.35. The molecule has 116 valence electrons. The SMILES string of the molecule is CN(C)CC1CCN(Cc2ccc(N)c([N+](=O)[O-])c2)CC1. The van der Waals surface area contributed by atoms with Crippen molar-refractivity contribution in [2.75, 3.05) is 39.5 Å². The molecule has 21 heavy (non-hydrogen) atoms. The van der Waals surface area contributed by atoms with E-state index >= 15 is 0 Å². The molecule has 0 atom stereocenters. The Bertz CT molecular complexity index is 496. The molecule has 6 heteroatoms. The van der Waals surface area contributed by atoms with E-state index in [0.717, 1.165) is 37.7 Å². The van der Waals surface area contributed by atoms with Crippen LogP contribution in [0.5, 0.6) is 0 Å². The Morgan fingerprint density at radius 2 is 2.05 bits per heavy atom. The van der Waals surface area contributed by atoms with Gasteiger partial charge in [-0.25, -0.2) is 0 Å². The molecule has 0 aliphatic carbocycles. The summed E-state index contributed by atoms with van der Waals surface area (Å²) >= 11 is 0. The molecule has 0 bridgehead atoms. The van der Waals surface area contributed by atoms with Crippen LogP contribution in [0.15, 0.2) is 18.2 Å². The number of nitrogen functional groups attached to an aromatic ring is 1. The molecule has 6 nitrogen and oxygen atoms in total. The van der Waals surface area contributed by atoms with E-state index in [4.69, 9.17) is 5.73 Å². The lowest BCUT2D eigenvalue weighted by molar-refractivity contribution is -0.384. The van der Waals surface area contributed by atoms with Crippen LogP contribution in [-0.2, 0) is 6.54 Å². The highest BCUT2D eigenvalue weighted by atomic mass is 16.6. The van der Waals surface area contributed by atoms with Gasteiger partial charge in [0.2, 0.25) is 0 Å². The predicted molar refractivity (Wildman–Crippen MR) is 84.1 cm³/mol. The zero-order valence-electron chi connectivity index (χ0n) is 12.8. The maximum Gasteiger partial charge on any atom is 0.292 e. The third kappa shape index (κ3) is 4.41. The Kier molecular flexibility index (Phi) is 5.14. The number of nitrogens with two attached hydrogens (primary N) is 1. The minimum absolute atomic E-state index is 0.00925. The van der Waals surface area contributed by atoms with Crippen molar-refractivity contribution in [3.63, 3.8) is 0 Å². The van der Waals surface area contributed by atoms with E-state index in [2.05, 4.69) is 23.9 Å². The number of anilines is 1. The second-order valence-corrected chi connectivity index (χ2v) is 6.13. The first kappa shape index (κ1) is 15.7. The highest BCUT2D eigenvalue weighted by molar-refractivity contribution is 5.59. The number of nitro benzene ring substituents is 1. The average Bonchev–Trinajstić information content (AvgIpc) is 2.42. The monoisotopic (exact) mass is 292 g/mol. The summed E-state index contributed by atoms with van der Waals surface area (Å²) in [4.78, 5) is 15.1. The number of hydrogen-bond donors (Lipinski definition) is 1. The van der Waals surface area contributed by atoms with Gasteiger partial charge in [-0.15, -0.1) is 0 Å². The normalized spacial score (nSPS) is 17.3. The summed E-state index contributed by atoms with van der Waals surface area (Å²) in [6.45, 7) is 4.00. The van der Waals surface area contributed by atoms with Gasteiger partial charge in [0, 0.05) is 19.2 Å². The molecule has 1 aromatic carbocycles. The highest BCUT2D eigenvalue weighted by Crippen LogP contribution is 2.24. The standard InChI is InChI=1S/C15H24N4O2/c1-17(2)10-12-5-7-18(8-6-12)11-13-3-4-14(16)15(9-13)19(20)21/h3-4,9,12H,5-8,10-11,16H2,1-2H3. The van der Waals surface area contributed by atoms with Gasteiger partial charge in [-0.05, 0) is 57.6 Å². The lowest BCUT2D eigenvalue weighted by atomic mass is 9.96. The van der Waals surface area contributed by atoms with Crippen molar-refractivity contribution < 1.29 is 4.92 Å². The Hall–Kier alpha value is -1.66. The Morgan fingerprint density at radius 1 is 1.38 bits per heavy atom. The van der Waals surface area contributed by atoms with Gasteiger partial charge in [-0.2, -0.15) is 0 Å². The van der Waals surface area contributed by atoms with Crippen LogP contribution in [-0.4, -0.2) is 48.5 Å². The first-order valence-electron chi connectivity index (χ1n) is 7.35. The van der Waals surface area contributed by atoms with Crippen LogP contribution in [0, 0.1) is 16.0 Å². The first-order chi connectivity index (χ1) is 9.95. The van der Waals surface area contributed by atoms with Gasteiger partial charge in [0.15, 0.2) is 0 Å². The van der Waals surface area contributed by atoms with Gasteiger partial charge in [0.1, 0.15) is 5.69 Å². The van der Waals surface area contributed by atoms with Crippen molar-refractivity contribution >= 4 is 11.4 Å². The number of rotatable bonds is 5. The summed E-state index contributed by atoms with van der Waals surface area (Å²) in [7, 11) is 4.22. The summed E-state index contributed by atoms with van der Waals surface area (Å²) in [5.74, 6) is 0.761. The summed E-state index contributed by atoms with van der Waals surface area (Å²) in [5, 5.41) is 10.9. The van der Waals surface area contributed by atoms with Crippen LogP contribution >= 0.6 is 0 Å². The molecule has 0 spiro atoms. The zero-order chi connectivity index (χ0) is 15.4. The molecule has 1 heterocycles. The van der Waals surface area contributed by atoms with Gasteiger partial charge >= 0.3 is 0 Å². The number of likely N-dealkylation sites (tertiary alicyclic amines) is 1. The predicted octanol–water partition coefficient (Wildman–Crippen LogP) is 1.95. The van der Waals surface area contributed by atoms with Crippen LogP contribution in [0.4, 0.5) is 11.4 Å². The fraction of sp³-hybridized carbons (Fsp3) is 0.600. The summed E-state index contributed by atoms with van der Waals surface area (Å²) in [6, 6.07) is 5.11. The molecule has 0 unspecified atom stereocenters. The number of benzene rings is 1. The Labute approximate surface area is 125 Å². The number of piperidine rings is 1. The summed E-state index contributed by atoms with van der Waals surface area (Å²) < 4.78 is 0. The van der Waals surface area contributed by atoms with E-state index in [-0.39, 0.29) is 11.4 Å². The minimum atomic E-state index is -0.415. The second kappa shape index (κ2) is 6.87. The van der Waals surface area contributed by atoms with E-state index < -0.39 is 4.92 Å².